The van der Waals surface area contributed by atoms with Crippen LogP contribution in [0.3, 0.4) is 0 Å². The van der Waals surface area contributed by atoms with E-state index in [0.717, 1.165) is 10.9 Å². The number of aromatic nitrogens is 5. The first kappa shape index (κ1) is 15.6. The third-order valence-electron chi connectivity index (χ3n) is 3.90. The minimum absolute atomic E-state index is 0.0524. The van der Waals surface area contributed by atoms with Crippen LogP contribution in [0.2, 0.25) is 0 Å². The van der Waals surface area contributed by atoms with Crippen LogP contribution in [0.25, 0.3) is 5.65 Å². The van der Waals surface area contributed by atoms with E-state index in [0.29, 0.717) is 24.8 Å². The molecule has 1 atom stereocenters. The van der Waals surface area contributed by atoms with Crippen molar-refractivity contribution in [2.24, 2.45) is 0 Å². The number of alkyl halides is 3. The minimum atomic E-state index is -4.61. The Morgan fingerprint density at radius 3 is 2.76 bits per heavy atom. The largest absolute Gasteiger partial charge is 0.472 e. The average Bonchev–Trinajstić information content (AvgIpc) is 3.21. The molecule has 3 aromatic rings. The molecule has 0 saturated carbocycles. The molecular weight excluding hydrogens is 337 g/mol. The fraction of sp³-hybridized carbons (Fsp3) is 0.333. The number of pyridine rings is 1. The van der Waals surface area contributed by atoms with Crippen LogP contribution in [0.15, 0.2) is 36.5 Å². The molecule has 4 rings (SSSR count). The molecule has 10 heteroatoms. The lowest BCUT2D eigenvalue weighted by atomic mass is 10.3. The Kier molecular flexibility index (Phi) is 3.66. The van der Waals surface area contributed by atoms with Gasteiger partial charge in [-0.2, -0.15) is 17.7 Å². The van der Waals surface area contributed by atoms with E-state index in [1.54, 1.807) is 24.4 Å². The minimum Gasteiger partial charge on any atom is -0.472 e. The van der Waals surface area contributed by atoms with Gasteiger partial charge in [-0.1, -0.05) is 6.07 Å². The summed E-state index contributed by atoms with van der Waals surface area (Å²) in [5.74, 6) is -0.189. The SMILES string of the molecule is FC(F)(F)c1nnc2ccc(N3CC[C@@H](Oc4ccccn4)C3)nn12. The molecule has 7 nitrogen and oxygen atoms in total. The summed E-state index contributed by atoms with van der Waals surface area (Å²) >= 11 is 0. The first-order chi connectivity index (χ1) is 12.0. The van der Waals surface area contributed by atoms with Crippen LogP contribution in [0, 0.1) is 0 Å². The second-order valence-corrected chi connectivity index (χ2v) is 5.63. The zero-order chi connectivity index (χ0) is 17.4. The van der Waals surface area contributed by atoms with E-state index >= 15 is 0 Å². The lowest BCUT2D eigenvalue weighted by Gasteiger charge is -2.17. The monoisotopic (exact) mass is 350 g/mol. The molecule has 0 aromatic carbocycles. The molecule has 0 radical (unpaired) electrons. The molecule has 3 aromatic heterocycles. The van der Waals surface area contributed by atoms with E-state index < -0.39 is 12.0 Å². The van der Waals surface area contributed by atoms with Crippen molar-refractivity contribution in [2.45, 2.75) is 18.7 Å². The van der Waals surface area contributed by atoms with E-state index in [1.165, 1.54) is 6.07 Å². The topological polar surface area (TPSA) is 68.4 Å². The van der Waals surface area contributed by atoms with E-state index in [2.05, 4.69) is 20.3 Å². The van der Waals surface area contributed by atoms with Gasteiger partial charge in [-0.3, -0.25) is 0 Å². The maximum absolute atomic E-state index is 13.0. The lowest BCUT2D eigenvalue weighted by molar-refractivity contribution is -0.146. The Labute approximate surface area is 140 Å². The summed E-state index contributed by atoms with van der Waals surface area (Å²) in [5, 5.41) is 10.7. The second-order valence-electron chi connectivity index (χ2n) is 5.63. The lowest BCUT2D eigenvalue weighted by Crippen LogP contribution is -2.26. The molecule has 0 amide bonds. The molecule has 1 aliphatic heterocycles. The van der Waals surface area contributed by atoms with Crippen molar-refractivity contribution >= 4 is 11.5 Å². The second kappa shape index (κ2) is 5.87. The van der Waals surface area contributed by atoms with Crippen molar-refractivity contribution in [2.75, 3.05) is 18.0 Å². The molecule has 4 heterocycles. The third kappa shape index (κ3) is 3.06. The van der Waals surface area contributed by atoms with Crippen molar-refractivity contribution in [3.05, 3.63) is 42.4 Å². The van der Waals surface area contributed by atoms with Crippen LogP contribution in [0.4, 0.5) is 19.0 Å². The molecule has 0 aliphatic carbocycles. The molecule has 0 N–H and O–H groups in total. The average molecular weight is 350 g/mol. The van der Waals surface area contributed by atoms with Gasteiger partial charge >= 0.3 is 6.18 Å². The highest BCUT2D eigenvalue weighted by atomic mass is 19.4. The summed E-state index contributed by atoms with van der Waals surface area (Å²) in [4.78, 5) is 5.98. The maximum Gasteiger partial charge on any atom is 0.453 e. The van der Waals surface area contributed by atoms with Crippen LogP contribution in [-0.4, -0.2) is 44.0 Å². The molecule has 25 heavy (non-hydrogen) atoms. The Morgan fingerprint density at radius 1 is 1.12 bits per heavy atom. The Bertz CT molecular complexity index is 882. The van der Waals surface area contributed by atoms with Crippen LogP contribution in [-0.2, 0) is 6.18 Å². The van der Waals surface area contributed by atoms with Gasteiger partial charge in [-0.05, 0) is 18.2 Å². The Hall–Kier alpha value is -2.91. The zero-order valence-electron chi connectivity index (χ0n) is 12.9. The summed E-state index contributed by atoms with van der Waals surface area (Å²) in [7, 11) is 0. The van der Waals surface area contributed by atoms with Gasteiger partial charge in [-0.25, -0.2) is 4.98 Å². The van der Waals surface area contributed by atoms with Crippen molar-refractivity contribution in [3.63, 3.8) is 0 Å². The zero-order valence-corrected chi connectivity index (χ0v) is 12.9. The number of fused-ring (bicyclic) bond motifs is 1. The van der Waals surface area contributed by atoms with Crippen LogP contribution < -0.4 is 9.64 Å². The number of hydrogen-bond donors (Lipinski definition) is 0. The number of ether oxygens (including phenoxy) is 1. The van der Waals surface area contributed by atoms with Crippen molar-refractivity contribution in [3.8, 4) is 5.88 Å². The number of hydrogen-bond acceptors (Lipinski definition) is 6. The predicted octanol–water partition coefficient (Wildman–Crippen LogP) is 2.20. The number of halogens is 3. The molecular formula is C15H13F3N6O. The fourth-order valence-corrected chi connectivity index (χ4v) is 2.74. The highest BCUT2D eigenvalue weighted by Crippen LogP contribution is 2.28. The number of anilines is 1. The molecule has 0 bridgehead atoms. The van der Waals surface area contributed by atoms with E-state index in [9.17, 15) is 13.2 Å². The van der Waals surface area contributed by atoms with Crippen molar-refractivity contribution in [1.29, 1.82) is 0 Å². The van der Waals surface area contributed by atoms with Crippen LogP contribution in [0.1, 0.15) is 12.2 Å². The quantitative estimate of drug-likeness (QED) is 0.721. The van der Waals surface area contributed by atoms with Gasteiger partial charge in [0.15, 0.2) is 5.65 Å². The number of rotatable bonds is 3. The van der Waals surface area contributed by atoms with Gasteiger partial charge in [-0.15, -0.1) is 15.3 Å². The van der Waals surface area contributed by atoms with E-state index in [1.807, 2.05) is 11.0 Å². The standard InChI is InChI=1S/C15H13F3N6O/c16-15(17,18)14-21-20-11-4-5-12(22-24(11)14)23-8-6-10(9-23)25-13-3-1-2-7-19-13/h1-5,7,10H,6,8-9H2/t10-/m1/s1. The van der Waals surface area contributed by atoms with Gasteiger partial charge in [0.1, 0.15) is 11.9 Å². The molecule has 0 unspecified atom stereocenters. The Balaban J connectivity index is 1.54. The first-order valence-corrected chi connectivity index (χ1v) is 7.63. The van der Waals surface area contributed by atoms with Gasteiger partial charge < -0.3 is 9.64 Å². The summed E-state index contributed by atoms with van der Waals surface area (Å²) in [5.41, 5.74) is 0.0524. The van der Waals surface area contributed by atoms with Crippen molar-refractivity contribution in [1.82, 2.24) is 24.8 Å². The predicted molar refractivity (Wildman–Crippen MR) is 81.3 cm³/mol. The van der Waals surface area contributed by atoms with Gasteiger partial charge in [0, 0.05) is 25.2 Å². The maximum atomic E-state index is 13.0. The van der Waals surface area contributed by atoms with E-state index in [4.69, 9.17) is 4.74 Å². The molecule has 1 fully saturated rings. The van der Waals surface area contributed by atoms with Crippen molar-refractivity contribution < 1.29 is 17.9 Å². The number of nitrogens with zero attached hydrogens (tertiary/aromatic N) is 6. The highest BCUT2D eigenvalue weighted by Gasteiger charge is 2.38. The van der Waals surface area contributed by atoms with Gasteiger partial charge in [0.2, 0.25) is 5.88 Å². The smallest absolute Gasteiger partial charge is 0.453 e. The molecule has 1 saturated heterocycles. The molecule has 130 valence electrons. The highest BCUT2D eigenvalue weighted by molar-refractivity contribution is 5.46. The molecule has 1 aliphatic rings. The van der Waals surface area contributed by atoms with Gasteiger partial charge in [0.25, 0.3) is 5.82 Å². The summed E-state index contributed by atoms with van der Waals surface area (Å²) in [6.45, 7) is 1.14. The first-order valence-electron chi connectivity index (χ1n) is 7.63. The summed E-state index contributed by atoms with van der Waals surface area (Å²) < 4.78 is 45.4. The summed E-state index contributed by atoms with van der Waals surface area (Å²) in [6, 6.07) is 8.49. The van der Waals surface area contributed by atoms with Gasteiger partial charge in [0.05, 0.1) is 6.54 Å². The summed E-state index contributed by atoms with van der Waals surface area (Å²) in [6.07, 6.45) is -2.34. The van der Waals surface area contributed by atoms with E-state index in [-0.39, 0.29) is 11.8 Å². The van der Waals surface area contributed by atoms with Crippen LogP contribution in [0.5, 0.6) is 5.88 Å². The normalized spacial score (nSPS) is 18.0. The fourth-order valence-electron chi connectivity index (χ4n) is 2.74. The third-order valence-corrected chi connectivity index (χ3v) is 3.90. The molecule has 0 spiro atoms. The van der Waals surface area contributed by atoms with Crippen LogP contribution >= 0.6 is 0 Å². The Morgan fingerprint density at radius 2 is 2.00 bits per heavy atom.